The van der Waals surface area contributed by atoms with Gasteiger partial charge in [0.05, 0.1) is 0 Å². The molecule has 1 aliphatic rings. The van der Waals surface area contributed by atoms with Gasteiger partial charge in [-0.25, -0.2) is 4.39 Å². The smallest absolute Gasteiger partial charge is 0.123 e. The minimum absolute atomic E-state index is 0.155. The Morgan fingerprint density at radius 2 is 1.81 bits per heavy atom. The van der Waals surface area contributed by atoms with Gasteiger partial charge in [0.1, 0.15) is 5.82 Å². The Balaban J connectivity index is 1.93. The molecule has 2 rings (SSSR count). The minimum Gasteiger partial charge on any atom is -0.316 e. The Hall–Kier alpha value is -0.930. The van der Waals surface area contributed by atoms with Crippen LogP contribution in [0.15, 0.2) is 24.3 Å². The lowest BCUT2D eigenvalue weighted by molar-refractivity contribution is 0.114. The SMILES string of the molecule is CCNCC1(CN(C)Cc2ccc(F)cc2)CCCCC1. The van der Waals surface area contributed by atoms with Crippen LogP contribution in [0.1, 0.15) is 44.6 Å². The van der Waals surface area contributed by atoms with Crippen molar-refractivity contribution in [3.8, 4) is 0 Å². The van der Waals surface area contributed by atoms with E-state index in [1.165, 1.54) is 37.7 Å². The summed E-state index contributed by atoms with van der Waals surface area (Å²) in [6, 6.07) is 6.89. The molecule has 21 heavy (non-hydrogen) atoms. The third-order valence-electron chi connectivity index (χ3n) is 4.64. The van der Waals surface area contributed by atoms with Crippen molar-refractivity contribution >= 4 is 0 Å². The van der Waals surface area contributed by atoms with E-state index < -0.39 is 0 Å². The van der Waals surface area contributed by atoms with E-state index in [1.54, 1.807) is 12.1 Å². The summed E-state index contributed by atoms with van der Waals surface area (Å²) in [5, 5.41) is 3.56. The molecule has 0 atom stereocenters. The normalized spacial score (nSPS) is 18.1. The second-order valence-corrected chi connectivity index (χ2v) is 6.64. The van der Waals surface area contributed by atoms with Gasteiger partial charge in [-0.05, 0) is 49.5 Å². The van der Waals surface area contributed by atoms with Crippen molar-refractivity contribution in [3.63, 3.8) is 0 Å². The number of halogens is 1. The number of rotatable bonds is 7. The minimum atomic E-state index is -0.155. The average molecular weight is 292 g/mol. The summed E-state index contributed by atoms with van der Waals surface area (Å²) in [6.07, 6.45) is 6.75. The van der Waals surface area contributed by atoms with E-state index in [2.05, 4.69) is 24.2 Å². The summed E-state index contributed by atoms with van der Waals surface area (Å²) in [6.45, 7) is 6.37. The molecule has 0 amide bonds. The Bertz CT molecular complexity index is 410. The third kappa shape index (κ3) is 5.08. The Morgan fingerprint density at radius 3 is 2.43 bits per heavy atom. The average Bonchev–Trinajstić information content (AvgIpc) is 2.48. The van der Waals surface area contributed by atoms with Crippen LogP contribution in [0.3, 0.4) is 0 Å². The van der Waals surface area contributed by atoms with Crippen molar-refractivity contribution in [3.05, 3.63) is 35.6 Å². The second kappa shape index (κ2) is 7.90. The standard InChI is InChI=1S/C18H29FN2/c1-3-20-14-18(11-5-4-6-12-18)15-21(2)13-16-7-9-17(19)10-8-16/h7-10,20H,3-6,11-15H2,1-2H3. The van der Waals surface area contributed by atoms with Gasteiger partial charge in [0.15, 0.2) is 0 Å². The van der Waals surface area contributed by atoms with Crippen molar-refractivity contribution in [2.75, 3.05) is 26.7 Å². The number of hydrogen-bond acceptors (Lipinski definition) is 2. The Morgan fingerprint density at radius 1 is 1.14 bits per heavy atom. The van der Waals surface area contributed by atoms with Gasteiger partial charge in [-0.2, -0.15) is 0 Å². The molecule has 2 nitrogen and oxygen atoms in total. The van der Waals surface area contributed by atoms with Crippen LogP contribution in [0.4, 0.5) is 4.39 Å². The maximum absolute atomic E-state index is 13.0. The Labute approximate surface area is 128 Å². The first kappa shape index (κ1) is 16.4. The molecule has 0 heterocycles. The van der Waals surface area contributed by atoms with E-state index in [9.17, 15) is 4.39 Å². The van der Waals surface area contributed by atoms with Gasteiger partial charge in [-0.1, -0.05) is 38.3 Å². The fraction of sp³-hybridized carbons (Fsp3) is 0.667. The molecule has 1 aromatic rings. The molecular formula is C18H29FN2. The van der Waals surface area contributed by atoms with Crippen molar-refractivity contribution in [1.29, 1.82) is 0 Å². The lowest BCUT2D eigenvalue weighted by Crippen LogP contribution is -2.44. The van der Waals surface area contributed by atoms with Crippen LogP contribution in [-0.4, -0.2) is 31.6 Å². The molecule has 0 aromatic heterocycles. The summed E-state index contributed by atoms with van der Waals surface area (Å²) >= 11 is 0. The van der Waals surface area contributed by atoms with Crippen LogP contribution in [0.2, 0.25) is 0 Å². The molecule has 0 unspecified atom stereocenters. The van der Waals surface area contributed by atoms with E-state index in [-0.39, 0.29) is 5.82 Å². The molecule has 1 aliphatic carbocycles. The summed E-state index contributed by atoms with van der Waals surface area (Å²) < 4.78 is 13.0. The van der Waals surface area contributed by atoms with E-state index >= 15 is 0 Å². The zero-order valence-electron chi connectivity index (χ0n) is 13.5. The predicted molar refractivity (Wildman–Crippen MR) is 86.8 cm³/mol. The third-order valence-corrected chi connectivity index (χ3v) is 4.64. The molecule has 0 spiro atoms. The van der Waals surface area contributed by atoms with Crippen molar-refractivity contribution < 1.29 is 4.39 Å². The van der Waals surface area contributed by atoms with Crippen LogP contribution in [0, 0.1) is 11.2 Å². The number of benzene rings is 1. The summed E-state index contributed by atoms with van der Waals surface area (Å²) in [7, 11) is 2.19. The molecule has 1 saturated carbocycles. The molecule has 0 aliphatic heterocycles. The van der Waals surface area contributed by atoms with Crippen LogP contribution in [0.5, 0.6) is 0 Å². The highest BCUT2D eigenvalue weighted by Gasteiger charge is 2.32. The number of nitrogens with one attached hydrogen (secondary N) is 1. The predicted octanol–water partition coefficient (Wildman–Crippen LogP) is 3.82. The lowest BCUT2D eigenvalue weighted by atomic mass is 9.73. The van der Waals surface area contributed by atoms with E-state index in [4.69, 9.17) is 0 Å². The first-order valence-corrected chi connectivity index (χ1v) is 8.27. The van der Waals surface area contributed by atoms with Gasteiger partial charge < -0.3 is 10.2 Å². The van der Waals surface area contributed by atoms with E-state index in [1.807, 2.05) is 12.1 Å². The molecule has 0 radical (unpaired) electrons. The molecule has 3 heteroatoms. The quantitative estimate of drug-likeness (QED) is 0.822. The van der Waals surface area contributed by atoms with Crippen LogP contribution >= 0.6 is 0 Å². The summed E-state index contributed by atoms with van der Waals surface area (Å²) in [5.74, 6) is -0.155. The van der Waals surface area contributed by atoms with E-state index in [0.717, 1.165) is 26.2 Å². The van der Waals surface area contributed by atoms with Gasteiger partial charge >= 0.3 is 0 Å². The highest BCUT2D eigenvalue weighted by molar-refractivity contribution is 5.15. The molecule has 118 valence electrons. The highest BCUT2D eigenvalue weighted by Crippen LogP contribution is 2.36. The largest absolute Gasteiger partial charge is 0.316 e. The van der Waals surface area contributed by atoms with Gasteiger partial charge in [-0.3, -0.25) is 0 Å². The summed E-state index contributed by atoms with van der Waals surface area (Å²) in [4.78, 5) is 2.40. The topological polar surface area (TPSA) is 15.3 Å². The highest BCUT2D eigenvalue weighted by atomic mass is 19.1. The molecule has 1 N–H and O–H groups in total. The lowest BCUT2D eigenvalue weighted by Gasteiger charge is -2.40. The zero-order valence-corrected chi connectivity index (χ0v) is 13.5. The first-order chi connectivity index (χ1) is 10.1. The number of nitrogens with zero attached hydrogens (tertiary/aromatic N) is 1. The maximum atomic E-state index is 13.0. The van der Waals surface area contributed by atoms with Crippen LogP contribution < -0.4 is 5.32 Å². The Kier molecular flexibility index (Phi) is 6.19. The molecule has 1 aromatic carbocycles. The molecule has 1 fully saturated rings. The van der Waals surface area contributed by atoms with Gasteiger partial charge in [0.2, 0.25) is 0 Å². The molecular weight excluding hydrogens is 263 g/mol. The first-order valence-electron chi connectivity index (χ1n) is 8.27. The van der Waals surface area contributed by atoms with E-state index in [0.29, 0.717) is 5.41 Å². The van der Waals surface area contributed by atoms with Crippen molar-refractivity contribution in [2.24, 2.45) is 5.41 Å². The van der Waals surface area contributed by atoms with Crippen LogP contribution in [0.25, 0.3) is 0 Å². The second-order valence-electron chi connectivity index (χ2n) is 6.64. The van der Waals surface area contributed by atoms with Gasteiger partial charge in [0, 0.05) is 19.6 Å². The number of hydrogen-bond donors (Lipinski definition) is 1. The molecule has 0 bridgehead atoms. The monoisotopic (exact) mass is 292 g/mol. The van der Waals surface area contributed by atoms with Crippen LogP contribution in [-0.2, 0) is 6.54 Å². The fourth-order valence-corrected chi connectivity index (χ4v) is 3.61. The molecule has 0 saturated heterocycles. The van der Waals surface area contributed by atoms with Gasteiger partial charge in [-0.15, -0.1) is 0 Å². The summed E-state index contributed by atoms with van der Waals surface area (Å²) in [5.41, 5.74) is 1.61. The van der Waals surface area contributed by atoms with Crippen molar-refractivity contribution in [1.82, 2.24) is 10.2 Å². The van der Waals surface area contributed by atoms with Crippen molar-refractivity contribution in [2.45, 2.75) is 45.6 Å². The zero-order chi connectivity index (χ0) is 15.1. The fourth-order valence-electron chi connectivity index (χ4n) is 3.61. The maximum Gasteiger partial charge on any atom is 0.123 e. The van der Waals surface area contributed by atoms with Gasteiger partial charge in [0.25, 0.3) is 0 Å².